The highest BCUT2D eigenvalue weighted by Gasteiger charge is 2.25. The first-order valence-electron chi connectivity index (χ1n) is 5.75. The molecule has 0 radical (unpaired) electrons. The van der Waals surface area contributed by atoms with Crippen molar-refractivity contribution in [2.24, 2.45) is 0 Å². The Bertz CT molecular complexity index is 520. The van der Waals surface area contributed by atoms with Crippen LogP contribution in [0.2, 0.25) is 5.02 Å². The first-order chi connectivity index (χ1) is 8.21. The second-order valence-electron chi connectivity index (χ2n) is 4.42. The molecule has 0 aliphatic rings. The fourth-order valence-corrected chi connectivity index (χ4v) is 3.24. The maximum Gasteiger partial charge on any atom is 0.243 e. The number of anilines is 1. The molecule has 0 spiro atoms. The van der Waals surface area contributed by atoms with Gasteiger partial charge in [0.05, 0.1) is 15.6 Å². The lowest BCUT2D eigenvalue weighted by atomic mass is 10.2. The summed E-state index contributed by atoms with van der Waals surface area (Å²) in [7, 11) is -1.94. The number of hydrogen-bond acceptors (Lipinski definition) is 3. The van der Waals surface area contributed by atoms with Crippen LogP contribution in [-0.2, 0) is 10.0 Å². The number of benzene rings is 1. The smallest absolute Gasteiger partial charge is 0.243 e. The van der Waals surface area contributed by atoms with Crippen molar-refractivity contribution in [2.75, 3.05) is 12.8 Å². The molecule has 0 aromatic heterocycles. The molecule has 0 saturated heterocycles. The van der Waals surface area contributed by atoms with E-state index in [-0.39, 0.29) is 16.6 Å². The summed E-state index contributed by atoms with van der Waals surface area (Å²) in [6, 6.07) is 2.89. The molecule has 6 heteroatoms. The van der Waals surface area contributed by atoms with E-state index in [0.717, 1.165) is 6.42 Å². The number of aryl methyl sites for hydroxylation is 1. The summed E-state index contributed by atoms with van der Waals surface area (Å²) in [5, 5.41) is 0.403. The maximum absolute atomic E-state index is 12.4. The Morgan fingerprint density at radius 1 is 1.44 bits per heavy atom. The quantitative estimate of drug-likeness (QED) is 0.867. The maximum atomic E-state index is 12.4. The molecule has 0 saturated carbocycles. The van der Waals surface area contributed by atoms with E-state index in [1.807, 2.05) is 13.8 Å². The highest BCUT2D eigenvalue weighted by molar-refractivity contribution is 7.89. The average molecular weight is 291 g/mol. The van der Waals surface area contributed by atoms with Crippen molar-refractivity contribution in [1.29, 1.82) is 0 Å². The molecule has 0 heterocycles. The summed E-state index contributed by atoms with van der Waals surface area (Å²) in [6.07, 6.45) is 0.748. The Balaban J connectivity index is 3.29. The number of nitrogens with two attached hydrogens (primary N) is 1. The zero-order valence-corrected chi connectivity index (χ0v) is 12.6. The van der Waals surface area contributed by atoms with Crippen LogP contribution in [0.3, 0.4) is 0 Å². The van der Waals surface area contributed by atoms with E-state index < -0.39 is 10.0 Å². The van der Waals surface area contributed by atoms with Gasteiger partial charge in [0.25, 0.3) is 0 Å². The Kier molecular flexibility index (Phi) is 4.64. The third kappa shape index (κ3) is 2.79. The monoisotopic (exact) mass is 290 g/mol. The largest absolute Gasteiger partial charge is 0.397 e. The molecule has 1 rings (SSSR count). The number of rotatable bonds is 4. The van der Waals surface area contributed by atoms with Crippen LogP contribution in [0.15, 0.2) is 17.0 Å². The summed E-state index contributed by atoms with van der Waals surface area (Å²) in [6.45, 7) is 5.54. The molecule has 1 aromatic rings. The van der Waals surface area contributed by atoms with Crippen molar-refractivity contribution < 1.29 is 8.42 Å². The van der Waals surface area contributed by atoms with Crippen LogP contribution >= 0.6 is 11.6 Å². The van der Waals surface area contributed by atoms with Gasteiger partial charge in [-0.15, -0.1) is 0 Å². The van der Waals surface area contributed by atoms with Crippen molar-refractivity contribution in [3.8, 4) is 0 Å². The molecule has 2 N–H and O–H groups in total. The van der Waals surface area contributed by atoms with Crippen molar-refractivity contribution in [1.82, 2.24) is 4.31 Å². The van der Waals surface area contributed by atoms with Crippen molar-refractivity contribution >= 4 is 27.3 Å². The van der Waals surface area contributed by atoms with Gasteiger partial charge in [-0.2, -0.15) is 4.31 Å². The second-order valence-corrected chi connectivity index (χ2v) is 6.80. The van der Waals surface area contributed by atoms with E-state index in [9.17, 15) is 8.42 Å². The molecule has 4 nitrogen and oxygen atoms in total. The molecule has 0 fully saturated rings. The van der Waals surface area contributed by atoms with E-state index >= 15 is 0 Å². The Morgan fingerprint density at radius 2 is 2.00 bits per heavy atom. The van der Waals surface area contributed by atoms with Gasteiger partial charge in [0.2, 0.25) is 10.0 Å². The molecule has 1 unspecified atom stereocenters. The molecule has 0 bridgehead atoms. The molecular weight excluding hydrogens is 272 g/mol. The second kappa shape index (κ2) is 5.47. The van der Waals surface area contributed by atoms with Crippen molar-refractivity contribution in [3.63, 3.8) is 0 Å². The van der Waals surface area contributed by atoms with Gasteiger partial charge in [-0.25, -0.2) is 8.42 Å². The van der Waals surface area contributed by atoms with E-state index in [4.69, 9.17) is 17.3 Å². The molecule has 0 aliphatic carbocycles. The van der Waals surface area contributed by atoms with Crippen molar-refractivity contribution in [2.45, 2.75) is 38.1 Å². The summed E-state index contributed by atoms with van der Waals surface area (Å²) in [5.74, 6) is 0. The predicted octanol–water partition coefficient (Wildman–Crippen LogP) is 2.65. The number of halogens is 1. The molecule has 18 heavy (non-hydrogen) atoms. The third-order valence-electron chi connectivity index (χ3n) is 3.14. The molecule has 0 aliphatic heterocycles. The van der Waals surface area contributed by atoms with Crippen LogP contribution in [-0.4, -0.2) is 25.8 Å². The number of nitrogen functional groups attached to an aromatic ring is 1. The van der Waals surface area contributed by atoms with Gasteiger partial charge in [0.15, 0.2) is 0 Å². The zero-order valence-electron chi connectivity index (χ0n) is 11.1. The van der Waals surface area contributed by atoms with E-state index in [1.54, 1.807) is 20.0 Å². The minimum atomic E-state index is -3.52. The van der Waals surface area contributed by atoms with Crippen LogP contribution < -0.4 is 5.73 Å². The lowest BCUT2D eigenvalue weighted by molar-refractivity contribution is 0.380. The molecule has 102 valence electrons. The summed E-state index contributed by atoms with van der Waals surface area (Å²) >= 11 is 5.94. The minimum Gasteiger partial charge on any atom is -0.397 e. The number of nitrogens with zero attached hydrogens (tertiary/aromatic N) is 1. The fourth-order valence-electron chi connectivity index (χ4n) is 1.57. The Hall–Kier alpha value is -0.780. The van der Waals surface area contributed by atoms with Crippen molar-refractivity contribution in [3.05, 3.63) is 22.7 Å². The van der Waals surface area contributed by atoms with Gasteiger partial charge < -0.3 is 5.73 Å². The zero-order chi connectivity index (χ0) is 14.1. The van der Waals surface area contributed by atoms with Crippen LogP contribution in [0.4, 0.5) is 5.69 Å². The van der Waals surface area contributed by atoms with Gasteiger partial charge in [-0.3, -0.25) is 0 Å². The molecule has 0 amide bonds. The van der Waals surface area contributed by atoms with Crippen LogP contribution in [0.1, 0.15) is 25.8 Å². The highest BCUT2D eigenvalue weighted by atomic mass is 35.5. The van der Waals surface area contributed by atoms with Gasteiger partial charge >= 0.3 is 0 Å². The summed E-state index contributed by atoms with van der Waals surface area (Å²) < 4.78 is 26.1. The fraction of sp³-hybridized carbons (Fsp3) is 0.500. The molecule has 1 aromatic carbocycles. The highest BCUT2D eigenvalue weighted by Crippen LogP contribution is 2.28. The average Bonchev–Trinajstić information content (AvgIpc) is 2.33. The lowest BCUT2D eigenvalue weighted by Crippen LogP contribution is -2.34. The Morgan fingerprint density at radius 3 is 2.44 bits per heavy atom. The normalized spacial score (nSPS) is 13.9. The minimum absolute atomic E-state index is 0.0628. The van der Waals surface area contributed by atoms with Gasteiger partial charge in [0.1, 0.15) is 0 Å². The van der Waals surface area contributed by atoms with Crippen LogP contribution in [0.25, 0.3) is 0 Å². The summed E-state index contributed by atoms with van der Waals surface area (Å²) in [5.41, 5.74) is 6.66. The van der Waals surface area contributed by atoms with Crippen LogP contribution in [0.5, 0.6) is 0 Å². The molecule has 1 atom stereocenters. The Labute approximate surface area is 114 Å². The van der Waals surface area contributed by atoms with Gasteiger partial charge in [0, 0.05) is 13.1 Å². The number of hydrogen-bond donors (Lipinski definition) is 1. The van der Waals surface area contributed by atoms with E-state index in [0.29, 0.717) is 10.6 Å². The van der Waals surface area contributed by atoms with E-state index in [1.165, 1.54) is 10.4 Å². The summed E-state index contributed by atoms with van der Waals surface area (Å²) in [4.78, 5) is 0.185. The first-order valence-corrected chi connectivity index (χ1v) is 7.57. The van der Waals surface area contributed by atoms with Gasteiger partial charge in [-0.1, -0.05) is 18.5 Å². The SMILES string of the molecule is CCC(C)N(C)S(=O)(=O)c1cc(C)c(Cl)c(N)c1. The first kappa shape index (κ1) is 15.3. The van der Waals surface area contributed by atoms with Crippen LogP contribution in [0, 0.1) is 6.92 Å². The van der Waals surface area contributed by atoms with E-state index in [2.05, 4.69) is 0 Å². The number of sulfonamides is 1. The third-order valence-corrected chi connectivity index (χ3v) is 5.61. The standard InChI is InChI=1S/C12H19ClN2O2S/c1-5-9(3)15(4)18(16,17)10-6-8(2)12(13)11(14)7-10/h6-7,9H,5,14H2,1-4H3. The predicted molar refractivity (Wildman–Crippen MR) is 75.3 cm³/mol. The lowest BCUT2D eigenvalue weighted by Gasteiger charge is -2.23. The van der Waals surface area contributed by atoms with Gasteiger partial charge in [-0.05, 0) is 38.0 Å². The molecular formula is C12H19ClN2O2S. The topological polar surface area (TPSA) is 63.4 Å².